The number of carbonyl (C=O) groups excluding carboxylic acids is 4. The minimum absolute atomic E-state index is 0.00843. The number of carbonyl (C=O) groups is 5. The average Bonchev–Trinajstić information content (AvgIpc) is 2.50. The highest BCUT2D eigenvalue weighted by atomic mass is 16.4. The summed E-state index contributed by atoms with van der Waals surface area (Å²) in [6, 6.07) is -2.52. The van der Waals surface area contributed by atoms with Crippen LogP contribution in [0.25, 0.3) is 0 Å². The molecule has 2 unspecified atom stereocenters. The van der Waals surface area contributed by atoms with Gasteiger partial charge in [0, 0.05) is 0 Å². The first kappa shape index (κ1) is 22.3. The number of aliphatic carboxylic acids is 1. The normalized spacial score (nSPS) is 12.8. The van der Waals surface area contributed by atoms with Crippen molar-refractivity contribution in [1.82, 2.24) is 16.0 Å². The fourth-order valence-corrected chi connectivity index (χ4v) is 1.87. The van der Waals surface area contributed by atoms with Gasteiger partial charge in [-0.25, -0.2) is 4.79 Å². The van der Waals surface area contributed by atoms with Crippen LogP contribution in [0.3, 0.4) is 0 Å². The Kier molecular flexibility index (Phi) is 9.79. The zero-order chi connectivity index (χ0) is 19.6. The van der Waals surface area contributed by atoms with Gasteiger partial charge in [-0.2, -0.15) is 0 Å². The Bertz CT molecular complexity index is 522. The number of hydrogen-bond donors (Lipinski definition) is 6. The molecule has 0 heterocycles. The molecular weight excluding hydrogens is 334 g/mol. The lowest BCUT2D eigenvalue weighted by atomic mass is 10.0. The first-order chi connectivity index (χ1) is 11.6. The van der Waals surface area contributed by atoms with Crippen LogP contribution in [0.2, 0.25) is 0 Å². The van der Waals surface area contributed by atoms with E-state index in [-0.39, 0.29) is 25.4 Å². The Balaban J connectivity index is 4.90. The van der Waals surface area contributed by atoms with E-state index in [0.29, 0.717) is 0 Å². The summed E-state index contributed by atoms with van der Waals surface area (Å²) in [5.41, 5.74) is 10.0. The fraction of sp³-hybridized carbons (Fsp3) is 0.643. The molecule has 0 bridgehead atoms. The van der Waals surface area contributed by atoms with Crippen molar-refractivity contribution < 1.29 is 29.1 Å². The maximum absolute atomic E-state index is 12.3. The summed E-state index contributed by atoms with van der Waals surface area (Å²) in [5.74, 6) is -4.23. The standard InChI is InChI=1S/C14H25N5O6/c1-7(2)3-8(18-12(22)6-17-11(21)5-15)13(23)19-9(14(24)25)4-10(16)20/h7-9H,3-6,15H2,1-2H3,(H2,16,20)(H,17,21)(H,18,22)(H,19,23)(H,24,25). The van der Waals surface area contributed by atoms with Gasteiger partial charge >= 0.3 is 5.97 Å². The Hall–Kier alpha value is -2.69. The predicted octanol–water partition coefficient (Wildman–Crippen LogP) is -2.96. The van der Waals surface area contributed by atoms with Crippen molar-refractivity contribution in [1.29, 1.82) is 0 Å². The third-order valence-corrected chi connectivity index (χ3v) is 3.01. The molecule has 0 aliphatic heterocycles. The molecule has 0 aliphatic carbocycles. The molecule has 8 N–H and O–H groups in total. The first-order valence-corrected chi connectivity index (χ1v) is 7.64. The van der Waals surface area contributed by atoms with Crippen molar-refractivity contribution in [2.45, 2.75) is 38.8 Å². The molecule has 4 amide bonds. The fourth-order valence-electron chi connectivity index (χ4n) is 1.87. The largest absolute Gasteiger partial charge is 0.480 e. The molecule has 0 radical (unpaired) electrons. The molecule has 0 aromatic heterocycles. The number of carboxylic acid groups (broad SMARTS) is 1. The molecule has 0 aliphatic rings. The highest BCUT2D eigenvalue weighted by Gasteiger charge is 2.28. The summed E-state index contributed by atoms with van der Waals surface area (Å²) in [5, 5.41) is 15.9. The maximum atomic E-state index is 12.3. The van der Waals surface area contributed by atoms with Crippen LogP contribution in [0, 0.1) is 5.92 Å². The molecule has 142 valence electrons. The van der Waals surface area contributed by atoms with E-state index in [1.165, 1.54) is 0 Å². The van der Waals surface area contributed by atoms with Gasteiger partial charge < -0.3 is 32.5 Å². The van der Waals surface area contributed by atoms with E-state index in [1.54, 1.807) is 13.8 Å². The number of hydrogen-bond acceptors (Lipinski definition) is 6. The molecule has 0 fully saturated rings. The van der Waals surface area contributed by atoms with Gasteiger partial charge in [-0.1, -0.05) is 13.8 Å². The quantitative estimate of drug-likeness (QED) is 0.227. The Morgan fingerprint density at radius 3 is 2.04 bits per heavy atom. The van der Waals surface area contributed by atoms with Crippen LogP contribution in [-0.2, 0) is 24.0 Å². The Labute approximate surface area is 144 Å². The van der Waals surface area contributed by atoms with Crippen molar-refractivity contribution in [3.63, 3.8) is 0 Å². The van der Waals surface area contributed by atoms with Gasteiger partial charge in [0.05, 0.1) is 19.5 Å². The minimum Gasteiger partial charge on any atom is -0.480 e. The van der Waals surface area contributed by atoms with Gasteiger partial charge in [-0.3, -0.25) is 19.2 Å². The number of nitrogens with two attached hydrogens (primary N) is 2. The van der Waals surface area contributed by atoms with E-state index in [2.05, 4.69) is 16.0 Å². The van der Waals surface area contributed by atoms with E-state index in [1.807, 2.05) is 0 Å². The molecule has 0 saturated heterocycles. The molecule has 0 aromatic rings. The summed E-state index contributed by atoms with van der Waals surface area (Å²) < 4.78 is 0. The zero-order valence-electron chi connectivity index (χ0n) is 14.2. The van der Waals surface area contributed by atoms with Crippen molar-refractivity contribution in [3.05, 3.63) is 0 Å². The highest BCUT2D eigenvalue weighted by molar-refractivity contribution is 5.93. The maximum Gasteiger partial charge on any atom is 0.326 e. The van der Waals surface area contributed by atoms with Crippen LogP contribution < -0.4 is 27.4 Å². The summed E-state index contributed by atoms with van der Waals surface area (Å²) in [7, 11) is 0. The Morgan fingerprint density at radius 1 is 1.00 bits per heavy atom. The lowest BCUT2D eigenvalue weighted by Gasteiger charge is -2.22. The molecule has 11 nitrogen and oxygen atoms in total. The van der Waals surface area contributed by atoms with Gasteiger partial charge in [0.1, 0.15) is 12.1 Å². The van der Waals surface area contributed by atoms with Gasteiger partial charge in [-0.05, 0) is 12.3 Å². The van der Waals surface area contributed by atoms with Gasteiger partial charge in [0.25, 0.3) is 0 Å². The molecule has 0 saturated carbocycles. The van der Waals surface area contributed by atoms with Gasteiger partial charge in [0.2, 0.25) is 23.6 Å². The van der Waals surface area contributed by atoms with E-state index >= 15 is 0 Å². The van der Waals surface area contributed by atoms with Crippen LogP contribution in [0.4, 0.5) is 0 Å². The number of amides is 4. The number of carboxylic acids is 1. The molecular formula is C14H25N5O6. The van der Waals surface area contributed by atoms with Crippen molar-refractivity contribution >= 4 is 29.6 Å². The number of primary amides is 1. The monoisotopic (exact) mass is 359 g/mol. The molecule has 25 heavy (non-hydrogen) atoms. The lowest BCUT2D eigenvalue weighted by molar-refractivity contribution is -0.143. The van der Waals surface area contributed by atoms with Gasteiger partial charge in [-0.15, -0.1) is 0 Å². The van der Waals surface area contributed by atoms with Crippen LogP contribution in [0.5, 0.6) is 0 Å². The summed E-state index contributed by atoms with van der Waals surface area (Å²) in [6.45, 7) is 2.96. The minimum atomic E-state index is -1.49. The zero-order valence-corrected chi connectivity index (χ0v) is 14.2. The SMILES string of the molecule is CC(C)CC(NC(=O)CNC(=O)CN)C(=O)NC(CC(N)=O)C(=O)O. The summed E-state index contributed by atoms with van der Waals surface area (Å²) >= 11 is 0. The van der Waals surface area contributed by atoms with Crippen molar-refractivity contribution in [2.24, 2.45) is 17.4 Å². The smallest absolute Gasteiger partial charge is 0.326 e. The molecule has 2 atom stereocenters. The number of rotatable bonds is 11. The summed E-state index contributed by atoms with van der Waals surface area (Å²) in [6.07, 6.45) is -0.346. The van der Waals surface area contributed by atoms with Crippen LogP contribution in [0.15, 0.2) is 0 Å². The summed E-state index contributed by atoms with van der Waals surface area (Å²) in [4.78, 5) is 57.1. The molecule has 11 heteroatoms. The van der Waals surface area contributed by atoms with Gasteiger partial charge in [0.15, 0.2) is 0 Å². The van der Waals surface area contributed by atoms with Crippen molar-refractivity contribution in [3.8, 4) is 0 Å². The second-order valence-corrected chi connectivity index (χ2v) is 5.80. The molecule has 0 spiro atoms. The molecule has 0 rings (SSSR count). The van der Waals surface area contributed by atoms with E-state index < -0.39 is 48.1 Å². The van der Waals surface area contributed by atoms with Crippen LogP contribution in [-0.4, -0.2) is 59.9 Å². The molecule has 0 aromatic carbocycles. The second-order valence-electron chi connectivity index (χ2n) is 5.80. The highest BCUT2D eigenvalue weighted by Crippen LogP contribution is 2.06. The van der Waals surface area contributed by atoms with Crippen LogP contribution in [0.1, 0.15) is 26.7 Å². The topological polar surface area (TPSA) is 194 Å². The van der Waals surface area contributed by atoms with E-state index in [9.17, 15) is 24.0 Å². The van der Waals surface area contributed by atoms with Crippen LogP contribution >= 0.6 is 0 Å². The van der Waals surface area contributed by atoms with E-state index in [0.717, 1.165) is 0 Å². The predicted molar refractivity (Wildman–Crippen MR) is 86.8 cm³/mol. The lowest BCUT2D eigenvalue weighted by Crippen LogP contribution is -2.54. The number of nitrogens with one attached hydrogen (secondary N) is 3. The van der Waals surface area contributed by atoms with E-state index in [4.69, 9.17) is 16.6 Å². The average molecular weight is 359 g/mol. The Morgan fingerprint density at radius 2 is 1.60 bits per heavy atom. The third kappa shape index (κ3) is 9.91. The second kappa shape index (κ2) is 11.0. The van der Waals surface area contributed by atoms with Crippen molar-refractivity contribution in [2.75, 3.05) is 13.1 Å². The first-order valence-electron chi connectivity index (χ1n) is 7.64. The third-order valence-electron chi connectivity index (χ3n) is 3.01.